The fourth-order valence-electron chi connectivity index (χ4n) is 4.58. The molecule has 5 rings (SSSR count). The summed E-state index contributed by atoms with van der Waals surface area (Å²) in [4.78, 5) is 13.1. The fourth-order valence-corrected chi connectivity index (χ4v) is 5.60. The lowest BCUT2D eigenvalue weighted by molar-refractivity contribution is 0.0973. The Bertz CT molecular complexity index is 1640. The first-order chi connectivity index (χ1) is 15.7. The second-order valence-corrected chi connectivity index (χ2v) is 9.95. The van der Waals surface area contributed by atoms with Crippen LogP contribution in [0.4, 0.5) is 5.69 Å². The number of anilines is 1. The second kappa shape index (κ2) is 7.22. The summed E-state index contributed by atoms with van der Waals surface area (Å²) in [7, 11) is -4.12. The predicted molar refractivity (Wildman–Crippen MR) is 126 cm³/mol. The number of sulfonamides is 1. The summed E-state index contributed by atoms with van der Waals surface area (Å²) in [6.45, 7) is 4.40. The molecule has 1 aliphatic rings. The Balaban J connectivity index is 1.68. The van der Waals surface area contributed by atoms with E-state index in [4.69, 9.17) is 5.73 Å². The minimum Gasteiger partial charge on any atom is -0.399 e. The molecule has 0 saturated carbocycles. The number of hydrogen-bond acceptors (Lipinski definition) is 5. The van der Waals surface area contributed by atoms with E-state index in [1.807, 2.05) is 13.8 Å². The van der Waals surface area contributed by atoms with E-state index < -0.39 is 15.9 Å². The number of carbonyl (C=O) groups is 1. The zero-order valence-electron chi connectivity index (χ0n) is 18.0. The van der Waals surface area contributed by atoms with Gasteiger partial charge in [0.05, 0.1) is 22.0 Å². The van der Waals surface area contributed by atoms with E-state index in [1.54, 1.807) is 28.8 Å². The number of nitrogen functional groups attached to an aromatic ring is 1. The average molecular weight is 457 g/mol. The number of amides is 1. The van der Waals surface area contributed by atoms with Crippen LogP contribution in [-0.2, 0) is 16.6 Å². The highest BCUT2D eigenvalue weighted by Gasteiger charge is 2.29. The first kappa shape index (κ1) is 20.8. The number of aryl methyl sites for hydroxylation is 2. The zero-order valence-corrected chi connectivity index (χ0v) is 18.8. The second-order valence-electron chi connectivity index (χ2n) is 8.27. The normalized spacial score (nSPS) is 12.3. The largest absolute Gasteiger partial charge is 0.399 e. The number of nitriles is 1. The Hall–Kier alpha value is -4.09. The summed E-state index contributed by atoms with van der Waals surface area (Å²) >= 11 is 0. The molecule has 0 bridgehead atoms. The van der Waals surface area contributed by atoms with Crippen LogP contribution in [-0.4, -0.2) is 18.9 Å². The van der Waals surface area contributed by atoms with Crippen molar-refractivity contribution in [3.63, 3.8) is 0 Å². The highest BCUT2D eigenvalue weighted by Crippen LogP contribution is 2.41. The fraction of sp³-hybridized carbons (Fsp3) is 0.120. The number of nitrogens with zero attached hydrogens (tertiary/aromatic N) is 2. The highest BCUT2D eigenvalue weighted by molar-refractivity contribution is 7.90. The Morgan fingerprint density at radius 1 is 1.12 bits per heavy atom. The van der Waals surface area contributed by atoms with E-state index in [1.165, 1.54) is 18.2 Å². The van der Waals surface area contributed by atoms with E-state index in [0.29, 0.717) is 12.1 Å². The van der Waals surface area contributed by atoms with Crippen LogP contribution < -0.4 is 10.5 Å². The first-order valence-electron chi connectivity index (χ1n) is 10.3. The summed E-state index contributed by atoms with van der Waals surface area (Å²) in [5.74, 6) is -0.744. The van der Waals surface area contributed by atoms with Gasteiger partial charge in [-0.05, 0) is 60.9 Å². The Morgan fingerprint density at radius 2 is 1.91 bits per heavy atom. The molecule has 3 aromatic carbocycles. The molecule has 0 spiro atoms. The molecule has 0 aliphatic carbocycles. The van der Waals surface area contributed by atoms with Crippen LogP contribution in [0.5, 0.6) is 0 Å². The van der Waals surface area contributed by atoms with Crippen molar-refractivity contribution in [3.8, 4) is 17.2 Å². The van der Waals surface area contributed by atoms with Gasteiger partial charge in [0.2, 0.25) is 0 Å². The quantitative estimate of drug-likeness (QED) is 0.400. The Morgan fingerprint density at radius 3 is 2.64 bits per heavy atom. The van der Waals surface area contributed by atoms with Crippen LogP contribution in [0, 0.1) is 25.2 Å². The van der Waals surface area contributed by atoms with Crippen molar-refractivity contribution >= 4 is 32.5 Å². The molecule has 1 aromatic heterocycles. The molecule has 33 heavy (non-hydrogen) atoms. The van der Waals surface area contributed by atoms with Crippen molar-refractivity contribution in [2.75, 3.05) is 5.73 Å². The molecule has 1 aliphatic heterocycles. The van der Waals surface area contributed by atoms with Gasteiger partial charge in [-0.2, -0.15) is 5.26 Å². The molecule has 7 nitrogen and oxygen atoms in total. The number of aromatic nitrogens is 1. The van der Waals surface area contributed by atoms with Gasteiger partial charge in [0.1, 0.15) is 5.69 Å². The highest BCUT2D eigenvalue weighted by atomic mass is 32.2. The maximum Gasteiger partial charge on any atom is 0.281 e. The van der Waals surface area contributed by atoms with E-state index >= 15 is 0 Å². The maximum absolute atomic E-state index is 13.2. The van der Waals surface area contributed by atoms with Crippen LogP contribution >= 0.6 is 0 Å². The number of nitrogens with one attached hydrogen (secondary N) is 1. The van der Waals surface area contributed by atoms with Crippen molar-refractivity contribution in [1.82, 2.24) is 9.29 Å². The van der Waals surface area contributed by atoms with Crippen LogP contribution in [0.1, 0.15) is 32.7 Å². The topological polar surface area (TPSA) is 118 Å². The number of carbonyl (C=O) groups excluding carboxylic acids is 1. The Labute approximate surface area is 191 Å². The third kappa shape index (κ3) is 3.25. The van der Waals surface area contributed by atoms with Gasteiger partial charge in [0.25, 0.3) is 15.9 Å². The smallest absolute Gasteiger partial charge is 0.281 e. The van der Waals surface area contributed by atoms with Crippen LogP contribution in [0.2, 0.25) is 0 Å². The lowest BCUT2D eigenvalue weighted by atomic mass is 9.88. The van der Waals surface area contributed by atoms with Gasteiger partial charge in [-0.25, -0.2) is 13.1 Å². The summed E-state index contributed by atoms with van der Waals surface area (Å²) in [6, 6.07) is 17.3. The average Bonchev–Trinajstić information content (AvgIpc) is 3.14. The maximum atomic E-state index is 13.2. The molecule has 3 N–H and O–H groups in total. The third-order valence-corrected chi connectivity index (χ3v) is 7.34. The van der Waals surface area contributed by atoms with E-state index in [-0.39, 0.29) is 16.3 Å². The molecule has 164 valence electrons. The SMILES string of the molecule is Cc1cc(C)c2c(c1)-c1c(C#N)ccc3cc(C(=O)NS(=O)(=O)c4cccc(N)c4)n(c13)C2. The van der Waals surface area contributed by atoms with Crippen molar-refractivity contribution < 1.29 is 13.2 Å². The summed E-state index contributed by atoms with van der Waals surface area (Å²) in [5, 5.41) is 10.5. The van der Waals surface area contributed by atoms with Crippen molar-refractivity contribution in [2.24, 2.45) is 0 Å². The molecular formula is C25H20N4O3S. The standard InChI is InChI=1S/C25H20N4O3S/c1-14-8-15(2)21-13-29-22(25(30)28-33(31,32)19-5-3-4-18(27)11-19)10-16-6-7-17(12-26)23(24(16)29)20(21)9-14/h3-11H,13,27H2,1-2H3,(H,28,30). The molecule has 0 saturated heterocycles. The van der Waals surface area contributed by atoms with Crippen molar-refractivity contribution in [2.45, 2.75) is 25.3 Å². The van der Waals surface area contributed by atoms with Gasteiger partial charge in [0.15, 0.2) is 0 Å². The number of hydrogen-bond donors (Lipinski definition) is 2. The predicted octanol–water partition coefficient (Wildman–Crippen LogP) is 3.86. The van der Waals surface area contributed by atoms with Crippen molar-refractivity contribution in [3.05, 3.63) is 82.5 Å². The first-order valence-corrected chi connectivity index (χ1v) is 11.8. The van der Waals surface area contributed by atoms with Gasteiger partial charge in [-0.3, -0.25) is 4.79 Å². The number of fused-ring (bicyclic) bond motifs is 2. The van der Waals surface area contributed by atoms with Gasteiger partial charge in [-0.15, -0.1) is 0 Å². The number of nitrogens with two attached hydrogens (primary N) is 1. The van der Waals surface area contributed by atoms with Crippen LogP contribution in [0.25, 0.3) is 22.0 Å². The molecule has 0 unspecified atom stereocenters. The third-order valence-electron chi connectivity index (χ3n) is 6.01. The zero-order chi connectivity index (χ0) is 23.5. The molecule has 0 fully saturated rings. The van der Waals surface area contributed by atoms with Crippen LogP contribution in [0.15, 0.2) is 59.5 Å². The van der Waals surface area contributed by atoms with E-state index in [0.717, 1.165) is 38.7 Å². The lowest BCUT2D eigenvalue weighted by Gasteiger charge is -2.24. The van der Waals surface area contributed by atoms with Gasteiger partial charge < -0.3 is 10.3 Å². The summed E-state index contributed by atoms with van der Waals surface area (Å²) < 4.78 is 29.6. The van der Waals surface area contributed by atoms with Crippen LogP contribution in [0.3, 0.4) is 0 Å². The monoisotopic (exact) mass is 456 g/mol. The van der Waals surface area contributed by atoms with Gasteiger partial charge in [0, 0.05) is 23.2 Å². The lowest BCUT2D eigenvalue weighted by Crippen LogP contribution is -2.32. The molecular weight excluding hydrogens is 436 g/mol. The van der Waals surface area contributed by atoms with Gasteiger partial charge in [-0.1, -0.05) is 29.8 Å². The number of benzene rings is 3. The number of rotatable bonds is 3. The van der Waals surface area contributed by atoms with Crippen molar-refractivity contribution in [1.29, 1.82) is 5.26 Å². The molecule has 1 amide bonds. The Kier molecular flexibility index (Phi) is 4.55. The minimum atomic E-state index is -4.12. The molecule has 4 aromatic rings. The van der Waals surface area contributed by atoms with Gasteiger partial charge >= 0.3 is 0 Å². The summed E-state index contributed by atoms with van der Waals surface area (Å²) in [5.41, 5.74) is 12.3. The molecule has 0 atom stereocenters. The van der Waals surface area contributed by atoms with E-state index in [9.17, 15) is 18.5 Å². The molecule has 2 heterocycles. The summed E-state index contributed by atoms with van der Waals surface area (Å²) in [6.07, 6.45) is 0. The van der Waals surface area contributed by atoms with E-state index in [2.05, 4.69) is 22.9 Å². The molecule has 8 heteroatoms. The molecule has 0 radical (unpaired) electrons. The minimum absolute atomic E-state index is 0.0882.